The molecule has 7 nitrogen and oxygen atoms in total. The highest BCUT2D eigenvalue weighted by Gasteiger charge is 2.43. The van der Waals surface area contributed by atoms with E-state index < -0.39 is 5.54 Å². The monoisotopic (exact) mass is 497 g/mol. The number of guanidine groups is 1. The second kappa shape index (κ2) is 9.17. The third-order valence-electron chi connectivity index (χ3n) is 6.91. The zero-order chi connectivity index (χ0) is 25.6. The van der Waals surface area contributed by atoms with Crippen molar-refractivity contribution in [3.8, 4) is 0 Å². The molecule has 0 saturated carbocycles. The number of aliphatic imine (C=N–C) groups is 1. The van der Waals surface area contributed by atoms with E-state index in [9.17, 15) is 4.79 Å². The second-order valence-electron chi connectivity index (χ2n) is 11.5. The minimum absolute atomic E-state index is 0.0176. The minimum atomic E-state index is -0.840. The van der Waals surface area contributed by atoms with Crippen molar-refractivity contribution in [1.82, 2.24) is 14.9 Å². The number of ether oxygens (including phenoxy) is 1. The minimum Gasteiger partial charge on any atom is -0.375 e. The Hall–Kier alpha value is -2.51. The van der Waals surface area contributed by atoms with Crippen LogP contribution >= 0.6 is 11.6 Å². The first kappa shape index (κ1) is 25.6. The number of halogens is 1. The molecule has 8 heteroatoms. The summed E-state index contributed by atoms with van der Waals surface area (Å²) in [7, 11) is 0. The summed E-state index contributed by atoms with van der Waals surface area (Å²) in [5, 5.41) is 0.585. The first-order valence-corrected chi connectivity index (χ1v) is 12.6. The number of carbonyl (C=O) groups excluding carboxylic acids is 1. The van der Waals surface area contributed by atoms with E-state index >= 15 is 0 Å². The van der Waals surface area contributed by atoms with E-state index in [2.05, 4.69) is 30.7 Å². The lowest BCUT2D eigenvalue weighted by atomic mass is 9.85. The van der Waals surface area contributed by atoms with Gasteiger partial charge >= 0.3 is 0 Å². The molecule has 2 aromatic rings. The van der Waals surface area contributed by atoms with E-state index in [0.717, 1.165) is 35.4 Å². The molecule has 1 aromatic carbocycles. The van der Waals surface area contributed by atoms with Crippen LogP contribution in [0.4, 0.5) is 0 Å². The predicted molar refractivity (Wildman–Crippen MR) is 138 cm³/mol. The Balaban J connectivity index is 1.60. The summed E-state index contributed by atoms with van der Waals surface area (Å²) in [5.41, 5.74) is 8.70. The first-order chi connectivity index (χ1) is 16.3. The molecule has 0 radical (unpaired) electrons. The summed E-state index contributed by atoms with van der Waals surface area (Å²) in [5.74, 6) is 0.212. The Morgan fingerprint density at radius 2 is 1.94 bits per heavy atom. The predicted octanol–water partition coefficient (Wildman–Crippen LogP) is 4.74. The lowest BCUT2D eigenvalue weighted by Crippen LogP contribution is -2.57. The van der Waals surface area contributed by atoms with E-state index in [1.54, 1.807) is 11.1 Å². The van der Waals surface area contributed by atoms with Crippen molar-refractivity contribution in [3.63, 3.8) is 0 Å². The fourth-order valence-electron chi connectivity index (χ4n) is 4.98. The van der Waals surface area contributed by atoms with E-state index in [4.69, 9.17) is 27.1 Å². The molecule has 2 aliphatic rings. The number of hydrogen-bond acceptors (Lipinski definition) is 6. The summed E-state index contributed by atoms with van der Waals surface area (Å²) < 4.78 is 5.82. The Labute approximate surface area is 213 Å². The average Bonchev–Trinajstić information content (AvgIpc) is 2.73. The molecule has 2 aliphatic heterocycles. The molecule has 0 bridgehead atoms. The lowest BCUT2D eigenvalue weighted by Gasteiger charge is -2.44. The maximum atomic E-state index is 13.4. The van der Waals surface area contributed by atoms with Gasteiger partial charge in [-0.3, -0.25) is 19.7 Å². The Morgan fingerprint density at radius 1 is 1.20 bits per heavy atom. The van der Waals surface area contributed by atoms with Crippen molar-refractivity contribution in [2.45, 2.75) is 89.8 Å². The number of carbonyl (C=O) groups is 1. The summed E-state index contributed by atoms with van der Waals surface area (Å²) in [4.78, 5) is 29.0. The molecule has 0 aliphatic carbocycles. The average molecular weight is 498 g/mol. The number of nitrogens with two attached hydrogens (primary N) is 1. The van der Waals surface area contributed by atoms with E-state index in [1.165, 1.54) is 0 Å². The zero-order valence-electron chi connectivity index (χ0n) is 21.6. The molecule has 1 saturated heterocycles. The van der Waals surface area contributed by atoms with Crippen LogP contribution in [0.25, 0.3) is 0 Å². The van der Waals surface area contributed by atoms with Crippen LogP contribution in [0.1, 0.15) is 83.3 Å². The number of aromatic nitrogens is 2. The van der Waals surface area contributed by atoms with Crippen LogP contribution in [0.3, 0.4) is 0 Å². The molecule has 1 fully saturated rings. The smallest absolute Gasteiger partial charge is 0.232 e. The van der Waals surface area contributed by atoms with Crippen molar-refractivity contribution in [1.29, 1.82) is 0 Å². The molecule has 188 valence electrons. The maximum absolute atomic E-state index is 13.4. The Kier molecular flexibility index (Phi) is 6.70. The van der Waals surface area contributed by atoms with Crippen LogP contribution in [0, 0.1) is 0 Å². The molecule has 0 spiro atoms. The summed E-state index contributed by atoms with van der Waals surface area (Å²) >= 11 is 6.90. The number of hydrogen-bond donors (Lipinski definition) is 1. The fourth-order valence-corrected chi connectivity index (χ4v) is 5.38. The molecule has 35 heavy (non-hydrogen) atoms. The fraction of sp³-hybridized carbons (Fsp3) is 0.556. The molecule has 2 N–H and O–H groups in total. The van der Waals surface area contributed by atoms with Gasteiger partial charge in [0.1, 0.15) is 0 Å². The number of amides is 1. The normalized spacial score (nSPS) is 24.9. The van der Waals surface area contributed by atoms with Crippen LogP contribution < -0.4 is 5.73 Å². The standard InChI is InChI=1S/C27H36ClN5O2/c1-25(2,3)21-16-30-18(15-31-21)12-17-8-7-9-20(23(17)28)27(6)14-22(34)33(24(29)32-27)19-10-11-35-26(4,5)13-19/h7-9,15-16,19H,10-14H2,1-6H3,(H2,29,32)/t19-,27+/m1/s1. The van der Waals surface area contributed by atoms with Gasteiger partial charge in [0, 0.05) is 41.9 Å². The quantitative estimate of drug-likeness (QED) is 0.658. The highest BCUT2D eigenvalue weighted by molar-refractivity contribution is 6.32. The van der Waals surface area contributed by atoms with Gasteiger partial charge in [0.15, 0.2) is 5.96 Å². The Bertz CT molecular complexity index is 1140. The van der Waals surface area contributed by atoms with Crippen LogP contribution in [-0.4, -0.2) is 45.0 Å². The molecule has 1 amide bonds. The van der Waals surface area contributed by atoms with Gasteiger partial charge in [0.25, 0.3) is 0 Å². The largest absolute Gasteiger partial charge is 0.375 e. The highest BCUT2D eigenvalue weighted by atomic mass is 35.5. The summed E-state index contributed by atoms with van der Waals surface area (Å²) in [6, 6.07) is 5.83. The molecule has 2 atom stereocenters. The highest BCUT2D eigenvalue weighted by Crippen LogP contribution is 2.40. The van der Waals surface area contributed by atoms with Gasteiger partial charge in [0.05, 0.1) is 28.9 Å². The van der Waals surface area contributed by atoms with Gasteiger partial charge in [-0.1, -0.05) is 50.6 Å². The van der Waals surface area contributed by atoms with Gasteiger partial charge in [-0.25, -0.2) is 4.99 Å². The van der Waals surface area contributed by atoms with Crippen LogP contribution in [0.2, 0.25) is 5.02 Å². The molecule has 3 heterocycles. The SMILES string of the molecule is CC1(C)C[C@H](N2C(=O)C[C@@](C)(c3cccc(Cc4cnc(C(C)(C)C)cn4)c3Cl)N=C2N)CCO1. The molecule has 4 rings (SSSR count). The van der Waals surface area contributed by atoms with Crippen molar-refractivity contribution in [3.05, 3.63) is 58.1 Å². The van der Waals surface area contributed by atoms with Crippen molar-refractivity contribution in [2.24, 2.45) is 10.7 Å². The van der Waals surface area contributed by atoms with E-state index in [0.29, 0.717) is 18.1 Å². The molecule has 0 unspecified atom stereocenters. The van der Waals surface area contributed by atoms with Gasteiger partial charge in [-0.15, -0.1) is 0 Å². The second-order valence-corrected chi connectivity index (χ2v) is 11.9. The zero-order valence-corrected chi connectivity index (χ0v) is 22.3. The van der Waals surface area contributed by atoms with Gasteiger partial charge in [-0.05, 0) is 44.7 Å². The molecular formula is C27H36ClN5O2. The van der Waals surface area contributed by atoms with E-state index in [1.807, 2.05) is 45.2 Å². The number of nitrogens with zero attached hydrogens (tertiary/aromatic N) is 4. The maximum Gasteiger partial charge on any atom is 0.232 e. The van der Waals surface area contributed by atoms with E-state index in [-0.39, 0.29) is 35.3 Å². The van der Waals surface area contributed by atoms with Crippen LogP contribution in [0.15, 0.2) is 35.6 Å². The van der Waals surface area contributed by atoms with Crippen molar-refractivity contribution < 1.29 is 9.53 Å². The first-order valence-electron chi connectivity index (χ1n) is 12.2. The van der Waals surface area contributed by atoms with Gasteiger partial charge in [-0.2, -0.15) is 0 Å². The van der Waals surface area contributed by atoms with Gasteiger partial charge in [0.2, 0.25) is 5.91 Å². The lowest BCUT2D eigenvalue weighted by molar-refractivity contribution is -0.136. The Morgan fingerprint density at radius 3 is 2.54 bits per heavy atom. The van der Waals surface area contributed by atoms with Gasteiger partial charge < -0.3 is 10.5 Å². The number of rotatable bonds is 4. The number of benzene rings is 1. The summed E-state index contributed by atoms with van der Waals surface area (Å²) in [6.07, 6.45) is 5.83. The third-order valence-corrected chi connectivity index (χ3v) is 7.36. The third kappa shape index (κ3) is 5.36. The van der Waals surface area contributed by atoms with Crippen molar-refractivity contribution >= 4 is 23.5 Å². The van der Waals surface area contributed by atoms with Crippen LogP contribution in [-0.2, 0) is 26.9 Å². The van der Waals surface area contributed by atoms with Crippen molar-refractivity contribution in [2.75, 3.05) is 6.61 Å². The van der Waals surface area contributed by atoms with Crippen LogP contribution in [0.5, 0.6) is 0 Å². The summed E-state index contributed by atoms with van der Waals surface area (Å²) in [6.45, 7) is 12.9. The molecule has 1 aromatic heterocycles. The molecular weight excluding hydrogens is 462 g/mol. The topological polar surface area (TPSA) is 93.7 Å².